The van der Waals surface area contributed by atoms with E-state index >= 15 is 0 Å². The van der Waals surface area contributed by atoms with Crippen molar-refractivity contribution in [1.29, 1.82) is 0 Å². The average Bonchev–Trinajstić information content (AvgIpc) is 2.40. The molecule has 1 amide bonds. The van der Waals surface area contributed by atoms with Crippen molar-refractivity contribution in [3.05, 3.63) is 28.8 Å². The molecule has 1 aromatic carbocycles. The molecule has 0 unspecified atom stereocenters. The van der Waals surface area contributed by atoms with Crippen LogP contribution in [-0.4, -0.2) is 49.6 Å². The fraction of sp³-hybridized carbons (Fsp3) is 0.467. The lowest BCUT2D eigenvalue weighted by Crippen LogP contribution is -2.33. The molecule has 0 saturated heterocycles. The average molecular weight is 327 g/mol. The molecular weight excluding hydrogens is 306 g/mol. The Balaban J connectivity index is 3.26. The van der Waals surface area contributed by atoms with Crippen molar-refractivity contribution in [3.63, 3.8) is 0 Å². The molecule has 122 valence electrons. The molecule has 1 aromatic rings. The second-order valence-corrected chi connectivity index (χ2v) is 7.23. The summed E-state index contributed by atoms with van der Waals surface area (Å²) in [6.45, 7) is 5.69. The summed E-state index contributed by atoms with van der Waals surface area (Å²) in [7, 11) is -3.42. The number of nitrogens with zero attached hydrogens (tertiary/aromatic N) is 1. The quantitative estimate of drug-likeness (QED) is 0.857. The number of carbonyl (C=O) groups is 2. The lowest BCUT2D eigenvalue weighted by Gasteiger charge is -2.22. The molecule has 0 spiro atoms. The predicted molar refractivity (Wildman–Crippen MR) is 82.9 cm³/mol. The summed E-state index contributed by atoms with van der Waals surface area (Å²) in [6, 6.07) is 2.90. The van der Waals surface area contributed by atoms with Crippen LogP contribution in [0.3, 0.4) is 0 Å². The van der Waals surface area contributed by atoms with Crippen molar-refractivity contribution in [2.75, 3.05) is 19.3 Å². The molecule has 0 heterocycles. The standard InChI is InChI=1S/C15H21NO5S/c1-5-16(7-6-14(17)18)15(19)13-9-12(22(4,20)21)8-10(2)11(13)3/h8-9H,5-7H2,1-4H3,(H,17,18). The van der Waals surface area contributed by atoms with Gasteiger partial charge in [-0.3, -0.25) is 9.59 Å². The van der Waals surface area contributed by atoms with Crippen molar-refractivity contribution >= 4 is 21.7 Å². The molecule has 7 heteroatoms. The molecule has 0 fully saturated rings. The van der Waals surface area contributed by atoms with Gasteiger partial charge < -0.3 is 10.0 Å². The van der Waals surface area contributed by atoms with Gasteiger partial charge in [0.05, 0.1) is 11.3 Å². The predicted octanol–water partition coefficient (Wildman–Crippen LogP) is 1.64. The molecule has 0 atom stereocenters. The fourth-order valence-electron chi connectivity index (χ4n) is 2.07. The number of carbonyl (C=O) groups excluding carboxylic acids is 1. The van der Waals surface area contributed by atoms with Crippen molar-refractivity contribution in [2.45, 2.75) is 32.1 Å². The van der Waals surface area contributed by atoms with Crippen LogP contribution in [0, 0.1) is 13.8 Å². The van der Waals surface area contributed by atoms with Crippen LogP contribution in [0.5, 0.6) is 0 Å². The second-order valence-electron chi connectivity index (χ2n) is 5.21. The minimum absolute atomic E-state index is 0.0895. The van der Waals surface area contributed by atoms with Gasteiger partial charge in [-0.25, -0.2) is 8.42 Å². The van der Waals surface area contributed by atoms with E-state index in [2.05, 4.69) is 0 Å². The molecule has 6 nitrogen and oxygen atoms in total. The van der Waals surface area contributed by atoms with Crippen LogP contribution in [0.2, 0.25) is 0 Å². The third-order valence-electron chi connectivity index (χ3n) is 3.56. The number of benzene rings is 1. The van der Waals surface area contributed by atoms with Crippen LogP contribution >= 0.6 is 0 Å². The van der Waals surface area contributed by atoms with Crippen LogP contribution in [0.15, 0.2) is 17.0 Å². The number of hydrogen-bond donors (Lipinski definition) is 1. The molecule has 22 heavy (non-hydrogen) atoms. The maximum atomic E-state index is 12.6. The number of sulfone groups is 1. The SMILES string of the molecule is CCN(CCC(=O)O)C(=O)c1cc(S(C)(=O)=O)cc(C)c1C. The summed E-state index contributed by atoms with van der Waals surface area (Å²) in [5, 5.41) is 8.74. The van der Waals surface area contributed by atoms with E-state index in [9.17, 15) is 18.0 Å². The first-order valence-corrected chi connectivity index (χ1v) is 8.79. The molecule has 0 aliphatic carbocycles. The smallest absolute Gasteiger partial charge is 0.305 e. The molecule has 1 N–H and O–H groups in total. The van der Waals surface area contributed by atoms with Gasteiger partial charge in [0.25, 0.3) is 5.91 Å². The van der Waals surface area contributed by atoms with Crippen LogP contribution < -0.4 is 0 Å². The zero-order chi connectivity index (χ0) is 17.1. The summed E-state index contributed by atoms with van der Waals surface area (Å²) < 4.78 is 23.4. The third-order valence-corrected chi connectivity index (χ3v) is 4.66. The van der Waals surface area contributed by atoms with Gasteiger partial charge in [0.15, 0.2) is 9.84 Å². The maximum Gasteiger partial charge on any atom is 0.305 e. The van der Waals surface area contributed by atoms with Crippen molar-refractivity contribution in [3.8, 4) is 0 Å². The Bertz CT molecular complexity index is 694. The van der Waals surface area contributed by atoms with Crippen molar-refractivity contribution in [1.82, 2.24) is 4.90 Å². The van der Waals surface area contributed by atoms with Gasteiger partial charge in [-0.1, -0.05) is 0 Å². The van der Waals surface area contributed by atoms with Gasteiger partial charge in [0.1, 0.15) is 0 Å². The molecule has 0 aromatic heterocycles. The number of hydrogen-bond acceptors (Lipinski definition) is 4. The lowest BCUT2D eigenvalue weighted by atomic mass is 10.0. The van der Waals surface area contributed by atoms with Crippen LogP contribution in [-0.2, 0) is 14.6 Å². The van der Waals surface area contributed by atoms with E-state index in [0.29, 0.717) is 23.2 Å². The normalized spacial score (nSPS) is 11.3. The summed E-state index contributed by atoms with van der Waals surface area (Å²) >= 11 is 0. The van der Waals surface area contributed by atoms with E-state index in [1.165, 1.54) is 17.0 Å². The van der Waals surface area contributed by atoms with Crippen molar-refractivity contribution < 1.29 is 23.1 Å². The van der Waals surface area contributed by atoms with Gasteiger partial charge in [-0.2, -0.15) is 0 Å². The summed E-state index contributed by atoms with van der Waals surface area (Å²) in [4.78, 5) is 24.7. The first-order chi connectivity index (χ1) is 10.1. The molecule has 0 aliphatic rings. The molecular formula is C15H21NO5S. The number of amides is 1. The highest BCUT2D eigenvalue weighted by Gasteiger charge is 2.21. The molecule has 0 bridgehead atoms. The molecule has 0 radical (unpaired) electrons. The van der Waals surface area contributed by atoms with Gasteiger partial charge >= 0.3 is 5.97 Å². The van der Waals surface area contributed by atoms with Gasteiger partial charge in [-0.05, 0) is 44.0 Å². The Morgan fingerprint density at radius 2 is 1.82 bits per heavy atom. The molecule has 0 saturated carbocycles. The first kappa shape index (κ1) is 18.2. The zero-order valence-electron chi connectivity index (χ0n) is 13.2. The number of aryl methyl sites for hydroxylation is 1. The zero-order valence-corrected chi connectivity index (χ0v) is 14.0. The topological polar surface area (TPSA) is 91.8 Å². The largest absolute Gasteiger partial charge is 0.481 e. The fourth-order valence-corrected chi connectivity index (χ4v) is 2.79. The Kier molecular flexibility index (Phi) is 5.71. The monoisotopic (exact) mass is 327 g/mol. The van der Waals surface area contributed by atoms with Gasteiger partial charge in [0, 0.05) is 24.9 Å². The highest BCUT2D eigenvalue weighted by Crippen LogP contribution is 2.21. The van der Waals surface area contributed by atoms with E-state index in [-0.39, 0.29) is 23.8 Å². The Labute approximate surface area is 130 Å². The van der Waals surface area contributed by atoms with E-state index < -0.39 is 15.8 Å². The Morgan fingerprint density at radius 3 is 2.27 bits per heavy atom. The van der Waals surface area contributed by atoms with Gasteiger partial charge in [0.2, 0.25) is 0 Å². The highest BCUT2D eigenvalue weighted by molar-refractivity contribution is 7.90. The lowest BCUT2D eigenvalue weighted by molar-refractivity contribution is -0.137. The summed E-state index contributed by atoms with van der Waals surface area (Å²) in [6.07, 6.45) is 0.941. The Morgan fingerprint density at radius 1 is 1.23 bits per heavy atom. The molecule has 1 rings (SSSR count). The summed E-state index contributed by atoms with van der Waals surface area (Å²) in [5.41, 5.74) is 1.71. The van der Waals surface area contributed by atoms with Gasteiger partial charge in [-0.15, -0.1) is 0 Å². The Hall–Kier alpha value is -1.89. The van der Waals surface area contributed by atoms with Crippen LogP contribution in [0.25, 0.3) is 0 Å². The van der Waals surface area contributed by atoms with Crippen LogP contribution in [0.1, 0.15) is 34.8 Å². The third kappa shape index (κ3) is 4.30. The number of carboxylic acids is 1. The van der Waals surface area contributed by atoms with E-state index in [4.69, 9.17) is 5.11 Å². The van der Waals surface area contributed by atoms with Crippen LogP contribution in [0.4, 0.5) is 0 Å². The number of aliphatic carboxylic acids is 1. The van der Waals surface area contributed by atoms with E-state index in [0.717, 1.165) is 6.26 Å². The minimum Gasteiger partial charge on any atom is -0.481 e. The number of carboxylic acid groups (broad SMARTS) is 1. The first-order valence-electron chi connectivity index (χ1n) is 6.90. The molecule has 0 aliphatic heterocycles. The van der Waals surface area contributed by atoms with Crippen molar-refractivity contribution in [2.24, 2.45) is 0 Å². The number of rotatable bonds is 6. The minimum atomic E-state index is -3.42. The highest BCUT2D eigenvalue weighted by atomic mass is 32.2. The van der Waals surface area contributed by atoms with E-state index in [1.807, 2.05) is 0 Å². The van der Waals surface area contributed by atoms with E-state index in [1.54, 1.807) is 20.8 Å². The summed E-state index contributed by atoms with van der Waals surface area (Å²) in [5.74, 6) is -1.33. The maximum absolute atomic E-state index is 12.6. The second kappa shape index (κ2) is 6.91.